The van der Waals surface area contributed by atoms with E-state index in [2.05, 4.69) is 16.4 Å². The normalized spacial score (nSPS) is 11.2. The Morgan fingerprint density at radius 1 is 1.09 bits per heavy atom. The lowest BCUT2D eigenvalue weighted by Crippen LogP contribution is -2.20. The summed E-state index contributed by atoms with van der Waals surface area (Å²) in [5.74, 6) is 0.208. The van der Waals surface area contributed by atoms with Gasteiger partial charge in [0.05, 0.1) is 25.8 Å². The molecule has 1 amide bonds. The lowest BCUT2D eigenvalue weighted by molar-refractivity contribution is -0.118. The molecule has 0 aliphatic carbocycles. The van der Waals surface area contributed by atoms with E-state index in [0.717, 1.165) is 15.8 Å². The highest BCUT2D eigenvalue weighted by molar-refractivity contribution is 7.19. The van der Waals surface area contributed by atoms with Gasteiger partial charge in [-0.1, -0.05) is 47.5 Å². The van der Waals surface area contributed by atoms with Gasteiger partial charge in [-0.15, -0.1) is 11.3 Å². The first-order chi connectivity index (χ1) is 15.5. The summed E-state index contributed by atoms with van der Waals surface area (Å²) >= 11 is 13.3. The van der Waals surface area contributed by atoms with Crippen LogP contribution in [0, 0.1) is 11.3 Å². The Morgan fingerprint density at radius 3 is 2.59 bits per heavy atom. The van der Waals surface area contributed by atoms with E-state index in [4.69, 9.17) is 27.9 Å². The number of nitriles is 1. The van der Waals surface area contributed by atoms with E-state index in [1.807, 2.05) is 36.4 Å². The van der Waals surface area contributed by atoms with Gasteiger partial charge in [0.2, 0.25) is 0 Å². The van der Waals surface area contributed by atoms with Crippen LogP contribution < -0.4 is 10.1 Å². The number of fused-ring (bicyclic) bond motifs is 1. The third kappa shape index (κ3) is 5.27. The molecule has 4 aromatic rings. The molecule has 1 aromatic heterocycles. The van der Waals surface area contributed by atoms with Gasteiger partial charge in [0.25, 0.3) is 5.91 Å². The summed E-state index contributed by atoms with van der Waals surface area (Å²) in [6.45, 7) is -0.162. The van der Waals surface area contributed by atoms with Gasteiger partial charge in [-0.05, 0) is 54.1 Å². The highest BCUT2D eigenvalue weighted by Gasteiger charge is 2.09. The van der Waals surface area contributed by atoms with E-state index in [1.54, 1.807) is 36.4 Å². The molecule has 0 fully saturated rings. The zero-order chi connectivity index (χ0) is 22.5. The molecule has 1 heterocycles. The van der Waals surface area contributed by atoms with Gasteiger partial charge >= 0.3 is 0 Å². The van der Waals surface area contributed by atoms with Crippen molar-refractivity contribution < 1.29 is 9.53 Å². The van der Waals surface area contributed by atoms with Crippen molar-refractivity contribution in [3.05, 3.63) is 87.3 Å². The first-order valence-electron chi connectivity index (χ1n) is 9.47. The summed E-state index contributed by atoms with van der Waals surface area (Å²) in [4.78, 5) is 16.6. The quantitative estimate of drug-likeness (QED) is 0.312. The van der Waals surface area contributed by atoms with Gasteiger partial charge in [0.15, 0.2) is 6.61 Å². The predicted molar refractivity (Wildman–Crippen MR) is 130 cm³/mol. The average molecular weight is 480 g/mol. The van der Waals surface area contributed by atoms with E-state index in [9.17, 15) is 10.1 Å². The number of thiazole rings is 1. The van der Waals surface area contributed by atoms with Gasteiger partial charge in [0.1, 0.15) is 16.8 Å². The summed E-state index contributed by atoms with van der Waals surface area (Å²) < 4.78 is 6.57. The molecule has 158 valence electrons. The van der Waals surface area contributed by atoms with Crippen LogP contribution in [0.3, 0.4) is 0 Å². The van der Waals surface area contributed by atoms with Gasteiger partial charge in [-0.25, -0.2) is 4.98 Å². The SMILES string of the molecule is N#C/C(=C\c1ccc(OCC(=O)Nc2ccc(Cl)c(Cl)c2)cc1)c1nc2ccccc2s1. The summed E-state index contributed by atoms with van der Waals surface area (Å²) in [6, 6.07) is 21.9. The number of benzene rings is 3. The van der Waals surface area contributed by atoms with Crippen molar-refractivity contribution >= 4 is 68.0 Å². The molecule has 0 atom stereocenters. The van der Waals surface area contributed by atoms with Gasteiger partial charge in [-0.2, -0.15) is 5.26 Å². The Labute approximate surface area is 198 Å². The molecular weight excluding hydrogens is 465 g/mol. The maximum absolute atomic E-state index is 12.1. The Hall–Kier alpha value is -3.37. The molecule has 0 radical (unpaired) electrons. The fraction of sp³-hybridized carbons (Fsp3) is 0.0417. The molecular formula is C24H15Cl2N3O2S. The second-order valence-electron chi connectivity index (χ2n) is 6.69. The fourth-order valence-corrected chi connectivity index (χ4v) is 4.11. The number of halogens is 2. The second-order valence-corrected chi connectivity index (χ2v) is 8.54. The van der Waals surface area contributed by atoms with E-state index < -0.39 is 0 Å². The van der Waals surface area contributed by atoms with Gasteiger partial charge < -0.3 is 10.1 Å². The second kappa shape index (κ2) is 9.84. The van der Waals surface area contributed by atoms with Crippen LogP contribution in [-0.2, 0) is 4.79 Å². The van der Waals surface area contributed by atoms with Crippen LogP contribution in [0.4, 0.5) is 5.69 Å². The molecule has 4 rings (SSSR count). The van der Waals surface area contributed by atoms with E-state index in [0.29, 0.717) is 32.1 Å². The zero-order valence-electron chi connectivity index (χ0n) is 16.5. The van der Waals surface area contributed by atoms with Crippen LogP contribution >= 0.6 is 34.5 Å². The largest absolute Gasteiger partial charge is 0.484 e. The first kappa shape index (κ1) is 21.8. The van der Waals surface area contributed by atoms with Crippen molar-refractivity contribution in [2.24, 2.45) is 0 Å². The summed E-state index contributed by atoms with van der Waals surface area (Å²) in [5.41, 5.74) is 2.72. The molecule has 0 aliphatic heterocycles. The number of carbonyl (C=O) groups excluding carboxylic acids is 1. The molecule has 8 heteroatoms. The number of ether oxygens (including phenoxy) is 1. The zero-order valence-corrected chi connectivity index (χ0v) is 18.8. The minimum absolute atomic E-state index is 0.162. The molecule has 0 saturated heterocycles. The molecule has 32 heavy (non-hydrogen) atoms. The number of hydrogen-bond acceptors (Lipinski definition) is 5. The summed E-state index contributed by atoms with van der Waals surface area (Å²) in [6.07, 6.45) is 1.78. The highest BCUT2D eigenvalue weighted by Crippen LogP contribution is 2.28. The van der Waals surface area contributed by atoms with Crippen LogP contribution in [-0.4, -0.2) is 17.5 Å². The van der Waals surface area contributed by atoms with Crippen molar-refractivity contribution in [3.8, 4) is 11.8 Å². The van der Waals surface area contributed by atoms with Crippen molar-refractivity contribution in [3.63, 3.8) is 0 Å². The smallest absolute Gasteiger partial charge is 0.262 e. The predicted octanol–water partition coefficient (Wildman–Crippen LogP) is 6.68. The van der Waals surface area contributed by atoms with E-state index >= 15 is 0 Å². The summed E-state index contributed by atoms with van der Waals surface area (Å²) in [7, 11) is 0. The van der Waals surface area contributed by atoms with E-state index in [-0.39, 0.29) is 12.5 Å². The fourth-order valence-electron chi connectivity index (χ4n) is 2.88. The number of rotatable bonds is 6. The molecule has 0 spiro atoms. The third-order valence-electron chi connectivity index (χ3n) is 4.41. The van der Waals surface area contributed by atoms with Gasteiger partial charge in [-0.3, -0.25) is 4.79 Å². The molecule has 0 aliphatic rings. The molecule has 0 saturated carbocycles. The molecule has 5 nitrogen and oxygen atoms in total. The van der Waals surface area contributed by atoms with Gasteiger partial charge in [0, 0.05) is 5.69 Å². The standard InChI is InChI=1S/C24H15Cl2N3O2S/c25-19-10-7-17(12-20(19)26)28-23(30)14-31-18-8-5-15(6-9-18)11-16(13-27)24-29-21-3-1-2-4-22(21)32-24/h1-12H,14H2,(H,28,30)/b16-11+. The maximum atomic E-state index is 12.1. The van der Waals surface area contributed by atoms with E-state index in [1.165, 1.54) is 11.3 Å². The molecule has 3 aromatic carbocycles. The number of carbonyl (C=O) groups is 1. The summed E-state index contributed by atoms with van der Waals surface area (Å²) in [5, 5.41) is 13.7. The molecule has 0 unspecified atom stereocenters. The third-order valence-corrected chi connectivity index (χ3v) is 6.22. The minimum atomic E-state index is -0.324. The number of hydrogen-bond donors (Lipinski definition) is 1. The molecule has 1 N–H and O–H groups in total. The van der Waals surface area contributed by atoms with Crippen LogP contribution in [0.25, 0.3) is 21.9 Å². The lowest BCUT2D eigenvalue weighted by atomic mass is 10.1. The Balaban J connectivity index is 1.39. The van der Waals surface area contributed by atoms with Crippen LogP contribution in [0.1, 0.15) is 10.6 Å². The first-order valence-corrected chi connectivity index (χ1v) is 11.0. The number of nitrogens with zero attached hydrogens (tertiary/aromatic N) is 2. The number of para-hydroxylation sites is 1. The van der Waals surface area contributed by atoms with Crippen LogP contribution in [0.15, 0.2) is 66.7 Å². The van der Waals surface area contributed by atoms with Crippen molar-refractivity contribution in [2.45, 2.75) is 0 Å². The topological polar surface area (TPSA) is 75.0 Å². The molecule has 0 bridgehead atoms. The number of aromatic nitrogens is 1. The Bertz CT molecular complexity index is 1320. The average Bonchev–Trinajstić information content (AvgIpc) is 3.23. The number of amides is 1. The minimum Gasteiger partial charge on any atom is -0.484 e. The highest BCUT2D eigenvalue weighted by atomic mass is 35.5. The Morgan fingerprint density at radius 2 is 1.88 bits per heavy atom. The number of allylic oxidation sites excluding steroid dienone is 1. The van der Waals surface area contributed by atoms with Crippen LogP contribution in [0.5, 0.6) is 5.75 Å². The number of anilines is 1. The van der Waals surface area contributed by atoms with Crippen molar-refractivity contribution in [1.82, 2.24) is 4.98 Å². The lowest BCUT2D eigenvalue weighted by Gasteiger charge is -2.08. The maximum Gasteiger partial charge on any atom is 0.262 e. The van der Waals surface area contributed by atoms with Crippen molar-refractivity contribution in [2.75, 3.05) is 11.9 Å². The monoisotopic (exact) mass is 479 g/mol. The van der Waals surface area contributed by atoms with Crippen LogP contribution in [0.2, 0.25) is 10.0 Å². The number of nitrogens with one attached hydrogen (secondary N) is 1. The Kier molecular flexibility index (Phi) is 6.72. The van der Waals surface area contributed by atoms with Crippen molar-refractivity contribution in [1.29, 1.82) is 5.26 Å².